The molecule has 2 heterocycles. The second kappa shape index (κ2) is 4.04. The Morgan fingerprint density at radius 1 is 1.47 bits per heavy atom. The van der Waals surface area contributed by atoms with Gasteiger partial charge >= 0.3 is 0 Å². The van der Waals surface area contributed by atoms with E-state index in [1.165, 1.54) is 23.5 Å². The summed E-state index contributed by atoms with van der Waals surface area (Å²) in [5.74, 6) is 0. The molecule has 0 aromatic carbocycles. The van der Waals surface area contributed by atoms with Crippen molar-refractivity contribution in [2.75, 3.05) is 13.2 Å². The highest BCUT2D eigenvalue weighted by molar-refractivity contribution is 7.03. The Kier molecular flexibility index (Phi) is 2.76. The molecule has 3 rings (SSSR count). The number of hydrogen-bond acceptors (Lipinski definition) is 4. The molecule has 2 atom stereocenters. The molecule has 94 valence electrons. The SMILES string of the molecule is CC1(C)CCC2(C1)OCCNC2c1cnsc1. The van der Waals surface area contributed by atoms with Crippen LogP contribution in [-0.2, 0) is 4.74 Å². The molecule has 1 saturated carbocycles. The molecule has 3 nitrogen and oxygen atoms in total. The minimum atomic E-state index is 0.00447. The zero-order chi connectivity index (χ0) is 11.9. The Morgan fingerprint density at radius 2 is 2.35 bits per heavy atom. The first-order valence-electron chi connectivity index (χ1n) is 6.38. The van der Waals surface area contributed by atoms with Gasteiger partial charge in [0.15, 0.2) is 0 Å². The van der Waals surface area contributed by atoms with Crippen LogP contribution in [0.3, 0.4) is 0 Å². The van der Waals surface area contributed by atoms with Gasteiger partial charge in [0.25, 0.3) is 0 Å². The monoisotopic (exact) mass is 252 g/mol. The van der Waals surface area contributed by atoms with Crippen LogP contribution in [0.4, 0.5) is 0 Å². The molecular formula is C13H20N2OS. The molecule has 1 aromatic heterocycles. The van der Waals surface area contributed by atoms with Crippen LogP contribution in [0.2, 0.25) is 0 Å². The van der Waals surface area contributed by atoms with Crippen molar-refractivity contribution in [1.29, 1.82) is 0 Å². The van der Waals surface area contributed by atoms with E-state index in [1.807, 2.05) is 6.20 Å². The Labute approximate surface area is 107 Å². The highest BCUT2D eigenvalue weighted by Crippen LogP contribution is 2.52. The van der Waals surface area contributed by atoms with Gasteiger partial charge in [0.05, 0.1) is 18.2 Å². The van der Waals surface area contributed by atoms with Crippen molar-refractivity contribution in [3.05, 3.63) is 17.1 Å². The van der Waals surface area contributed by atoms with Gasteiger partial charge < -0.3 is 10.1 Å². The summed E-state index contributed by atoms with van der Waals surface area (Å²) >= 11 is 1.53. The van der Waals surface area contributed by atoms with Crippen LogP contribution in [0, 0.1) is 5.41 Å². The van der Waals surface area contributed by atoms with Crippen LogP contribution in [0.1, 0.15) is 44.7 Å². The first-order chi connectivity index (χ1) is 8.11. The summed E-state index contributed by atoms with van der Waals surface area (Å²) in [6, 6.07) is 0.330. The van der Waals surface area contributed by atoms with Crippen LogP contribution >= 0.6 is 11.5 Å². The Bertz CT molecular complexity index is 390. The van der Waals surface area contributed by atoms with E-state index in [2.05, 4.69) is 28.9 Å². The van der Waals surface area contributed by atoms with Crippen LogP contribution in [0.5, 0.6) is 0 Å². The number of nitrogens with zero attached hydrogens (tertiary/aromatic N) is 1. The Hall–Kier alpha value is -0.450. The minimum Gasteiger partial charge on any atom is -0.372 e. The van der Waals surface area contributed by atoms with E-state index in [1.54, 1.807) is 0 Å². The summed E-state index contributed by atoms with van der Waals surface area (Å²) in [6.07, 6.45) is 5.55. The lowest BCUT2D eigenvalue weighted by Gasteiger charge is -2.42. The Balaban J connectivity index is 1.91. The fourth-order valence-electron chi connectivity index (χ4n) is 3.41. The van der Waals surface area contributed by atoms with E-state index >= 15 is 0 Å². The van der Waals surface area contributed by atoms with Crippen molar-refractivity contribution in [2.24, 2.45) is 5.41 Å². The van der Waals surface area contributed by atoms with Gasteiger partial charge in [0.1, 0.15) is 0 Å². The molecule has 1 N–H and O–H groups in total. The third kappa shape index (κ3) is 2.02. The minimum absolute atomic E-state index is 0.00447. The summed E-state index contributed by atoms with van der Waals surface area (Å²) in [4.78, 5) is 0. The molecule has 0 amide bonds. The molecule has 1 aromatic rings. The highest BCUT2D eigenvalue weighted by atomic mass is 32.1. The van der Waals surface area contributed by atoms with Gasteiger partial charge in [-0.1, -0.05) is 13.8 Å². The fourth-order valence-corrected chi connectivity index (χ4v) is 3.97. The van der Waals surface area contributed by atoms with Crippen molar-refractivity contribution in [3.8, 4) is 0 Å². The molecule has 2 unspecified atom stereocenters. The number of aromatic nitrogens is 1. The normalized spacial score (nSPS) is 36.5. The molecule has 1 aliphatic heterocycles. The van der Waals surface area contributed by atoms with Crippen LogP contribution in [0.15, 0.2) is 11.6 Å². The van der Waals surface area contributed by atoms with Gasteiger partial charge in [-0.05, 0) is 36.2 Å². The molecule has 0 bridgehead atoms. The molecule has 0 radical (unpaired) electrons. The summed E-state index contributed by atoms with van der Waals surface area (Å²) < 4.78 is 10.4. The predicted molar refractivity (Wildman–Crippen MR) is 69.2 cm³/mol. The molecule has 1 aliphatic carbocycles. The first kappa shape index (κ1) is 11.6. The third-order valence-corrected chi connectivity index (χ3v) is 4.76. The van der Waals surface area contributed by atoms with E-state index in [9.17, 15) is 0 Å². The van der Waals surface area contributed by atoms with Crippen molar-refractivity contribution in [1.82, 2.24) is 9.69 Å². The zero-order valence-electron chi connectivity index (χ0n) is 10.5. The van der Waals surface area contributed by atoms with Crippen molar-refractivity contribution >= 4 is 11.5 Å². The summed E-state index contributed by atoms with van der Waals surface area (Å²) in [6.45, 7) is 6.48. The maximum absolute atomic E-state index is 6.21. The summed E-state index contributed by atoms with van der Waals surface area (Å²) in [7, 11) is 0. The number of nitrogens with one attached hydrogen (secondary N) is 1. The number of hydrogen-bond donors (Lipinski definition) is 1. The van der Waals surface area contributed by atoms with Crippen LogP contribution in [0.25, 0.3) is 0 Å². The van der Waals surface area contributed by atoms with Crippen molar-refractivity contribution < 1.29 is 4.74 Å². The second-order valence-corrected chi connectivity index (χ2v) is 6.76. The molecule has 2 fully saturated rings. The average Bonchev–Trinajstić information content (AvgIpc) is 2.88. The van der Waals surface area contributed by atoms with E-state index in [-0.39, 0.29) is 5.60 Å². The molecule has 1 spiro atoms. The van der Waals surface area contributed by atoms with E-state index in [0.717, 1.165) is 26.0 Å². The summed E-state index contributed by atoms with van der Waals surface area (Å²) in [5, 5.41) is 5.79. The molecule has 17 heavy (non-hydrogen) atoms. The van der Waals surface area contributed by atoms with Gasteiger partial charge in [-0.15, -0.1) is 0 Å². The zero-order valence-corrected chi connectivity index (χ0v) is 11.3. The van der Waals surface area contributed by atoms with E-state index in [4.69, 9.17) is 4.74 Å². The second-order valence-electron chi connectivity index (χ2n) is 6.10. The standard InChI is InChI=1S/C13H20N2OS/c1-12(2)3-4-13(9-12)11(14-5-6-16-13)10-7-15-17-8-10/h7-8,11,14H,3-6,9H2,1-2H3. The highest BCUT2D eigenvalue weighted by Gasteiger charge is 2.51. The van der Waals surface area contributed by atoms with Crippen molar-refractivity contribution in [3.63, 3.8) is 0 Å². The smallest absolute Gasteiger partial charge is 0.0883 e. The van der Waals surface area contributed by atoms with E-state index < -0.39 is 0 Å². The molecule has 4 heteroatoms. The maximum Gasteiger partial charge on any atom is 0.0883 e. The molecule has 2 aliphatic rings. The first-order valence-corrected chi connectivity index (χ1v) is 7.22. The number of ether oxygens (including phenoxy) is 1. The lowest BCUT2D eigenvalue weighted by Crippen LogP contribution is -2.51. The summed E-state index contributed by atoms with van der Waals surface area (Å²) in [5.41, 5.74) is 1.71. The van der Waals surface area contributed by atoms with Crippen LogP contribution in [-0.4, -0.2) is 23.1 Å². The third-order valence-electron chi connectivity index (χ3n) is 4.15. The Morgan fingerprint density at radius 3 is 3.00 bits per heavy atom. The maximum atomic E-state index is 6.21. The topological polar surface area (TPSA) is 34.1 Å². The van der Waals surface area contributed by atoms with Gasteiger partial charge in [0, 0.05) is 23.7 Å². The number of morpholine rings is 1. The average molecular weight is 252 g/mol. The largest absolute Gasteiger partial charge is 0.372 e. The number of rotatable bonds is 1. The lowest BCUT2D eigenvalue weighted by atomic mass is 9.83. The van der Waals surface area contributed by atoms with E-state index in [0.29, 0.717) is 11.5 Å². The predicted octanol–water partition coefficient (Wildman–Crippen LogP) is 2.75. The van der Waals surface area contributed by atoms with Gasteiger partial charge in [-0.25, -0.2) is 4.37 Å². The van der Waals surface area contributed by atoms with Gasteiger partial charge in [0.2, 0.25) is 0 Å². The molecule has 1 saturated heterocycles. The lowest BCUT2D eigenvalue weighted by molar-refractivity contribution is -0.0986. The van der Waals surface area contributed by atoms with Crippen molar-refractivity contribution in [2.45, 2.75) is 44.8 Å². The fraction of sp³-hybridized carbons (Fsp3) is 0.769. The molecular weight excluding hydrogens is 232 g/mol. The quantitative estimate of drug-likeness (QED) is 0.834. The van der Waals surface area contributed by atoms with Gasteiger partial charge in [-0.2, -0.15) is 0 Å². The van der Waals surface area contributed by atoms with Gasteiger partial charge in [-0.3, -0.25) is 0 Å². The van der Waals surface area contributed by atoms with Crippen LogP contribution < -0.4 is 5.32 Å².